The number of anilines is 1. The molecule has 0 unspecified atom stereocenters. The average Bonchev–Trinajstić information content (AvgIpc) is 2.24. The van der Waals surface area contributed by atoms with Gasteiger partial charge in [-0.3, -0.25) is 0 Å². The van der Waals surface area contributed by atoms with Gasteiger partial charge in [0, 0.05) is 11.8 Å². The Morgan fingerprint density at radius 1 is 1.19 bits per heavy atom. The maximum Gasteiger partial charge on any atom is 0.143 e. The number of ether oxygens (including phenoxy) is 2. The van der Waals surface area contributed by atoms with Crippen LogP contribution in [0.5, 0.6) is 11.5 Å². The zero-order valence-corrected chi connectivity index (χ0v) is 10.9. The number of hydrogen-bond donors (Lipinski definition) is 1. The van der Waals surface area contributed by atoms with Gasteiger partial charge in [0.1, 0.15) is 21.5 Å². The molecule has 0 saturated carbocycles. The highest BCUT2D eigenvalue weighted by Gasteiger charge is 2.16. The molecule has 0 fully saturated rings. The summed E-state index contributed by atoms with van der Waals surface area (Å²) in [5.74, 6) is 0.985. The molecule has 0 atom stereocenters. The van der Waals surface area contributed by atoms with Crippen LogP contribution >= 0.6 is 23.2 Å². The summed E-state index contributed by atoms with van der Waals surface area (Å²) < 4.78 is 10.2. The Balaban J connectivity index is 3.36. The molecule has 0 aromatic heterocycles. The Morgan fingerprint density at radius 2 is 1.62 bits per heavy atom. The van der Waals surface area contributed by atoms with Gasteiger partial charge in [0.15, 0.2) is 0 Å². The number of nitrogens with one attached hydrogen (secondary N) is 1. The Morgan fingerprint density at radius 3 is 1.94 bits per heavy atom. The van der Waals surface area contributed by atoms with Gasteiger partial charge >= 0.3 is 0 Å². The summed E-state index contributed by atoms with van der Waals surface area (Å²) in [6.07, 6.45) is 0. The average molecular weight is 262 g/mol. The van der Waals surface area contributed by atoms with Gasteiger partial charge in [-0.2, -0.15) is 0 Å². The molecule has 0 radical (unpaired) electrons. The third kappa shape index (κ3) is 2.54. The van der Waals surface area contributed by atoms with E-state index in [1.807, 2.05) is 0 Å². The van der Waals surface area contributed by atoms with Crippen LogP contribution in [0.2, 0.25) is 10.0 Å². The molecule has 16 heavy (non-hydrogen) atoms. The van der Waals surface area contributed by atoms with Gasteiger partial charge in [0.25, 0.3) is 0 Å². The SMILES string of the molecule is C=C(C)Nc1c(Cl)c(OC)cc(OC)c1Cl. The third-order valence-electron chi connectivity index (χ3n) is 1.91. The second-order valence-electron chi connectivity index (χ2n) is 3.19. The Bertz CT molecular complexity index is 391. The fourth-order valence-corrected chi connectivity index (χ4v) is 1.80. The molecule has 0 bridgehead atoms. The molecular formula is C11H13Cl2NO2. The predicted octanol–water partition coefficient (Wildman–Crippen LogP) is 3.96. The molecule has 5 heteroatoms. The van der Waals surface area contributed by atoms with Crippen LogP contribution in [0.25, 0.3) is 0 Å². The first kappa shape index (κ1) is 13.0. The fourth-order valence-electron chi connectivity index (χ4n) is 1.21. The van der Waals surface area contributed by atoms with E-state index in [4.69, 9.17) is 32.7 Å². The van der Waals surface area contributed by atoms with E-state index in [1.165, 1.54) is 14.2 Å². The summed E-state index contributed by atoms with van der Waals surface area (Å²) in [6, 6.07) is 1.63. The highest BCUT2D eigenvalue weighted by Crippen LogP contribution is 2.44. The summed E-state index contributed by atoms with van der Waals surface area (Å²) in [4.78, 5) is 0. The molecule has 0 aliphatic carbocycles. The molecular weight excluding hydrogens is 249 g/mol. The van der Waals surface area contributed by atoms with E-state index in [1.54, 1.807) is 13.0 Å². The third-order valence-corrected chi connectivity index (χ3v) is 2.66. The van der Waals surface area contributed by atoms with Crippen molar-refractivity contribution in [1.29, 1.82) is 0 Å². The lowest BCUT2D eigenvalue weighted by Crippen LogP contribution is -1.99. The van der Waals surface area contributed by atoms with Gasteiger partial charge in [0.2, 0.25) is 0 Å². The van der Waals surface area contributed by atoms with E-state index < -0.39 is 0 Å². The summed E-state index contributed by atoms with van der Waals surface area (Å²) >= 11 is 12.2. The molecule has 0 aliphatic heterocycles. The standard InChI is InChI=1S/C11H13Cl2NO2/c1-6(2)14-11-9(12)7(15-3)5-8(16-4)10(11)13/h5,14H,1H2,2-4H3. The molecule has 0 spiro atoms. The lowest BCUT2D eigenvalue weighted by Gasteiger charge is -2.15. The van der Waals surface area contributed by atoms with E-state index in [9.17, 15) is 0 Å². The molecule has 0 heterocycles. The van der Waals surface area contributed by atoms with Crippen LogP contribution in [-0.4, -0.2) is 14.2 Å². The normalized spacial score (nSPS) is 9.81. The Kier molecular flexibility index (Phi) is 4.33. The number of methoxy groups -OCH3 is 2. The van der Waals surface area contributed by atoms with Gasteiger partial charge in [-0.15, -0.1) is 0 Å². The van der Waals surface area contributed by atoms with Crippen molar-refractivity contribution in [2.45, 2.75) is 6.92 Å². The first-order valence-corrected chi connectivity index (χ1v) is 5.29. The lowest BCUT2D eigenvalue weighted by molar-refractivity contribution is 0.395. The van der Waals surface area contributed by atoms with Crippen molar-refractivity contribution in [2.24, 2.45) is 0 Å². The van der Waals surface area contributed by atoms with Crippen molar-refractivity contribution in [3.05, 3.63) is 28.4 Å². The van der Waals surface area contributed by atoms with Crippen LogP contribution in [0.4, 0.5) is 5.69 Å². The molecule has 1 aromatic carbocycles. The first-order chi connectivity index (χ1) is 7.51. The number of hydrogen-bond acceptors (Lipinski definition) is 3. The van der Waals surface area contributed by atoms with Crippen molar-refractivity contribution in [1.82, 2.24) is 0 Å². The number of allylic oxidation sites excluding steroid dienone is 1. The van der Waals surface area contributed by atoms with Gasteiger partial charge in [-0.05, 0) is 6.92 Å². The highest BCUT2D eigenvalue weighted by atomic mass is 35.5. The molecule has 3 nitrogen and oxygen atoms in total. The minimum atomic E-state index is 0.399. The minimum absolute atomic E-state index is 0.399. The lowest BCUT2D eigenvalue weighted by atomic mass is 10.2. The number of halogens is 2. The fraction of sp³-hybridized carbons (Fsp3) is 0.273. The van der Waals surface area contributed by atoms with Crippen molar-refractivity contribution < 1.29 is 9.47 Å². The topological polar surface area (TPSA) is 30.5 Å². The molecule has 1 rings (SSSR count). The summed E-state index contributed by atoms with van der Waals surface area (Å²) in [7, 11) is 3.05. The van der Waals surface area contributed by atoms with E-state index in [2.05, 4.69) is 11.9 Å². The van der Waals surface area contributed by atoms with Crippen molar-refractivity contribution in [3.8, 4) is 11.5 Å². The first-order valence-electron chi connectivity index (χ1n) is 4.53. The van der Waals surface area contributed by atoms with Gasteiger partial charge < -0.3 is 14.8 Å². The molecule has 1 N–H and O–H groups in total. The van der Waals surface area contributed by atoms with Gasteiger partial charge in [-0.1, -0.05) is 29.8 Å². The van der Waals surface area contributed by atoms with Crippen molar-refractivity contribution in [2.75, 3.05) is 19.5 Å². The van der Waals surface area contributed by atoms with Crippen LogP contribution in [0.15, 0.2) is 18.3 Å². The maximum absolute atomic E-state index is 6.12. The number of benzene rings is 1. The van der Waals surface area contributed by atoms with Gasteiger partial charge in [0.05, 0.1) is 19.9 Å². The summed E-state index contributed by atoms with van der Waals surface area (Å²) in [5.41, 5.74) is 1.26. The minimum Gasteiger partial charge on any atom is -0.495 e. The maximum atomic E-state index is 6.12. The zero-order chi connectivity index (χ0) is 12.3. The quantitative estimate of drug-likeness (QED) is 0.890. The second-order valence-corrected chi connectivity index (χ2v) is 3.95. The van der Waals surface area contributed by atoms with Crippen LogP contribution in [0.1, 0.15) is 6.92 Å². The van der Waals surface area contributed by atoms with Crippen LogP contribution in [-0.2, 0) is 0 Å². The van der Waals surface area contributed by atoms with E-state index >= 15 is 0 Å². The summed E-state index contributed by atoms with van der Waals surface area (Å²) in [6.45, 7) is 5.54. The van der Waals surface area contributed by atoms with Gasteiger partial charge in [-0.25, -0.2) is 0 Å². The molecule has 88 valence electrons. The molecule has 0 aliphatic rings. The van der Waals surface area contributed by atoms with E-state index in [0.29, 0.717) is 27.2 Å². The van der Waals surface area contributed by atoms with Crippen molar-refractivity contribution >= 4 is 28.9 Å². The van der Waals surface area contributed by atoms with E-state index in [-0.39, 0.29) is 0 Å². The van der Waals surface area contributed by atoms with E-state index in [0.717, 1.165) is 5.70 Å². The zero-order valence-electron chi connectivity index (χ0n) is 9.36. The molecule has 1 aromatic rings. The Hall–Kier alpha value is -1.06. The highest BCUT2D eigenvalue weighted by molar-refractivity contribution is 6.41. The van der Waals surface area contributed by atoms with Crippen molar-refractivity contribution in [3.63, 3.8) is 0 Å². The van der Waals surface area contributed by atoms with Crippen LogP contribution < -0.4 is 14.8 Å². The monoisotopic (exact) mass is 261 g/mol. The largest absolute Gasteiger partial charge is 0.495 e. The molecule has 0 amide bonds. The number of rotatable bonds is 4. The molecule has 0 saturated heterocycles. The van der Waals surface area contributed by atoms with Crippen LogP contribution in [0, 0.1) is 0 Å². The summed E-state index contributed by atoms with van der Waals surface area (Å²) in [5, 5.41) is 3.77. The van der Waals surface area contributed by atoms with Crippen LogP contribution in [0.3, 0.4) is 0 Å². The second kappa shape index (κ2) is 5.32. The predicted molar refractivity (Wildman–Crippen MR) is 68.0 cm³/mol. The smallest absolute Gasteiger partial charge is 0.143 e. The Labute approximate surface area is 105 Å².